The Balaban J connectivity index is 1.32. The summed E-state index contributed by atoms with van der Waals surface area (Å²) in [5.41, 5.74) is 0.471. The molecule has 2 aromatic rings. The highest BCUT2D eigenvalue weighted by Crippen LogP contribution is 2.20. The van der Waals surface area contributed by atoms with Crippen molar-refractivity contribution in [1.29, 1.82) is 0 Å². The summed E-state index contributed by atoms with van der Waals surface area (Å²) < 4.78 is 5.47. The normalized spacial score (nSPS) is 18.5. The molecule has 0 unspecified atom stereocenters. The molecular weight excluding hydrogens is 422 g/mol. The van der Waals surface area contributed by atoms with Crippen LogP contribution in [0.2, 0.25) is 0 Å². The lowest BCUT2D eigenvalue weighted by Crippen LogP contribution is -2.55. The molecule has 1 N–H and O–H groups in total. The molecule has 2 amide bonds. The predicted molar refractivity (Wildman–Crippen MR) is 126 cm³/mol. The van der Waals surface area contributed by atoms with Crippen molar-refractivity contribution in [3.05, 3.63) is 36.3 Å². The van der Waals surface area contributed by atoms with Crippen molar-refractivity contribution in [3.63, 3.8) is 0 Å². The lowest BCUT2D eigenvalue weighted by Gasteiger charge is -2.40. The molecule has 176 valence electrons. The summed E-state index contributed by atoms with van der Waals surface area (Å²) in [5, 5.41) is 2.81. The minimum atomic E-state index is -0.520. The molecule has 2 fully saturated rings. The van der Waals surface area contributed by atoms with E-state index >= 15 is 0 Å². The van der Waals surface area contributed by atoms with Gasteiger partial charge >= 0.3 is 6.09 Å². The third-order valence-corrected chi connectivity index (χ3v) is 5.62. The van der Waals surface area contributed by atoms with E-state index in [1.54, 1.807) is 29.6 Å². The number of hydrogen-bond donors (Lipinski definition) is 1. The molecule has 0 aliphatic carbocycles. The van der Waals surface area contributed by atoms with Crippen LogP contribution in [-0.4, -0.2) is 76.2 Å². The average Bonchev–Trinajstić information content (AvgIpc) is 2.72. The predicted octanol–water partition coefficient (Wildman–Crippen LogP) is 2.78. The molecule has 4 rings (SSSR count). The number of nitrogens with one attached hydrogen (secondary N) is 1. The molecule has 2 aliphatic heterocycles. The highest BCUT2D eigenvalue weighted by Gasteiger charge is 2.31. The Morgan fingerprint density at radius 1 is 1.03 bits per heavy atom. The van der Waals surface area contributed by atoms with Gasteiger partial charge in [-0.3, -0.25) is 4.79 Å². The SMILES string of the molecule is C[C@H]1CN(C(=O)OC(C)(C)C)CCN1c1ncc(NC(=O)c2ccc(N3CCC3)nc2)cn1. The maximum atomic E-state index is 12.5. The summed E-state index contributed by atoms with van der Waals surface area (Å²) >= 11 is 0. The number of pyridine rings is 1. The molecule has 2 saturated heterocycles. The van der Waals surface area contributed by atoms with Crippen LogP contribution >= 0.6 is 0 Å². The van der Waals surface area contributed by atoms with Gasteiger partial charge in [-0.1, -0.05) is 0 Å². The average molecular weight is 454 g/mol. The molecule has 0 radical (unpaired) electrons. The van der Waals surface area contributed by atoms with Crippen LogP contribution in [0.3, 0.4) is 0 Å². The van der Waals surface area contributed by atoms with Gasteiger partial charge in [-0.15, -0.1) is 0 Å². The first kappa shape index (κ1) is 22.8. The van der Waals surface area contributed by atoms with Crippen molar-refractivity contribution < 1.29 is 14.3 Å². The topological polar surface area (TPSA) is 104 Å². The fraction of sp³-hybridized carbons (Fsp3) is 0.522. The Hall–Kier alpha value is -3.43. The number of carbonyl (C=O) groups excluding carboxylic acids is 2. The smallest absolute Gasteiger partial charge is 0.410 e. The summed E-state index contributed by atoms with van der Waals surface area (Å²) in [6, 6.07) is 3.67. The minimum Gasteiger partial charge on any atom is -0.444 e. The van der Waals surface area contributed by atoms with E-state index in [0.29, 0.717) is 36.8 Å². The second-order valence-corrected chi connectivity index (χ2v) is 9.44. The number of ether oxygens (including phenoxy) is 1. The molecule has 0 bridgehead atoms. The zero-order valence-electron chi connectivity index (χ0n) is 19.6. The van der Waals surface area contributed by atoms with E-state index in [4.69, 9.17) is 4.74 Å². The van der Waals surface area contributed by atoms with Gasteiger partial charge < -0.3 is 24.8 Å². The van der Waals surface area contributed by atoms with Crippen molar-refractivity contribution in [2.24, 2.45) is 0 Å². The lowest BCUT2D eigenvalue weighted by molar-refractivity contribution is 0.0218. The lowest BCUT2D eigenvalue weighted by atomic mass is 10.2. The maximum Gasteiger partial charge on any atom is 0.410 e. The number of nitrogens with zero attached hydrogens (tertiary/aromatic N) is 6. The first-order valence-electron chi connectivity index (χ1n) is 11.3. The molecular formula is C23H31N7O3. The number of anilines is 3. The van der Waals surface area contributed by atoms with Gasteiger partial charge in [0.25, 0.3) is 5.91 Å². The summed E-state index contributed by atoms with van der Waals surface area (Å²) in [7, 11) is 0. The molecule has 33 heavy (non-hydrogen) atoms. The van der Waals surface area contributed by atoms with Crippen LogP contribution in [0.1, 0.15) is 44.5 Å². The first-order valence-corrected chi connectivity index (χ1v) is 11.3. The van der Waals surface area contributed by atoms with Gasteiger partial charge in [-0.25, -0.2) is 19.7 Å². The summed E-state index contributed by atoms with van der Waals surface area (Å²) in [6.45, 7) is 11.3. The molecule has 2 aromatic heterocycles. The zero-order valence-corrected chi connectivity index (χ0v) is 19.6. The molecule has 0 aromatic carbocycles. The minimum absolute atomic E-state index is 0.0303. The highest BCUT2D eigenvalue weighted by atomic mass is 16.6. The van der Waals surface area contributed by atoms with Gasteiger partial charge in [-0.2, -0.15) is 0 Å². The largest absolute Gasteiger partial charge is 0.444 e. The van der Waals surface area contributed by atoms with Crippen LogP contribution in [0, 0.1) is 0 Å². The van der Waals surface area contributed by atoms with E-state index in [2.05, 4.69) is 25.2 Å². The van der Waals surface area contributed by atoms with Crippen molar-refractivity contribution in [2.75, 3.05) is 47.8 Å². The molecule has 1 atom stereocenters. The number of amides is 2. The Morgan fingerprint density at radius 3 is 2.30 bits per heavy atom. The summed E-state index contributed by atoms with van der Waals surface area (Å²) in [4.78, 5) is 44.0. The number of rotatable bonds is 4. The summed E-state index contributed by atoms with van der Waals surface area (Å²) in [6.07, 6.45) is 5.65. The van der Waals surface area contributed by atoms with Gasteiger partial charge in [0, 0.05) is 45.0 Å². The van der Waals surface area contributed by atoms with Crippen molar-refractivity contribution in [2.45, 2.75) is 45.8 Å². The van der Waals surface area contributed by atoms with E-state index < -0.39 is 5.60 Å². The van der Waals surface area contributed by atoms with Crippen LogP contribution in [0.5, 0.6) is 0 Å². The van der Waals surface area contributed by atoms with Crippen molar-refractivity contribution >= 4 is 29.5 Å². The molecule has 10 nitrogen and oxygen atoms in total. The highest BCUT2D eigenvalue weighted by molar-refractivity contribution is 6.04. The van der Waals surface area contributed by atoms with E-state index in [9.17, 15) is 9.59 Å². The van der Waals surface area contributed by atoms with Gasteiger partial charge in [0.05, 0.1) is 23.6 Å². The van der Waals surface area contributed by atoms with Crippen LogP contribution in [0.15, 0.2) is 30.7 Å². The second-order valence-electron chi connectivity index (χ2n) is 9.44. The number of carbonyl (C=O) groups is 2. The molecule has 10 heteroatoms. The molecule has 2 aliphatic rings. The van der Waals surface area contributed by atoms with Crippen LogP contribution in [0.4, 0.5) is 22.2 Å². The fourth-order valence-corrected chi connectivity index (χ4v) is 3.74. The Kier molecular flexibility index (Phi) is 6.35. The van der Waals surface area contributed by atoms with Crippen LogP contribution in [-0.2, 0) is 4.74 Å². The van der Waals surface area contributed by atoms with E-state index in [0.717, 1.165) is 18.9 Å². The van der Waals surface area contributed by atoms with E-state index in [-0.39, 0.29) is 18.0 Å². The van der Waals surface area contributed by atoms with Gasteiger partial charge in [0.2, 0.25) is 5.95 Å². The van der Waals surface area contributed by atoms with Crippen LogP contribution in [0.25, 0.3) is 0 Å². The molecule has 0 saturated carbocycles. The quantitative estimate of drug-likeness (QED) is 0.754. The first-order chi connectivity index (χ1) is 15.7. The molecule has 0 spiro atoms. The monoisotopic (exact) mass is 453 g/mol. The standard InChI is InChI=1S/C23H31N7O3/c1-16-15-29(22(32)33-23(2,3)4)10-11-30(16)21-25-13-18(14-26-21)27-20(31)17-6-7-19(24-12-17)28-8-5-9-28/h6-7,12-14,16H,5,8-11,15H2,1-4H3,(H,27,31)/t16-/m0/s1. The third-order valence-electron chi connectivity index (χ3n) is 5.62. The Labute approximate surface area is 194 Å². The molecule has 4 heterocycles. The van der Waals surface area contributed by atoms with Gasteiger partial charge in [0.1, 0.15) is 11.4 Å². The second kappa shape index (κ2) is 9.21. The Bertz CT molecular complexity index is 985. The van der Waals surface area contributed by atoms with E-state index in [1.807, 2.05) is 38.7 Å². The van der Waals surface area contributed by atoms with Crippen molar-refractivity contribution in [1.82, 2.24) is 19.9 Å². The van der Waals surface area contributed by atoms with Gasteiger partial charge in [-0.05, 0) is 46.2 Å². The zero-order chi connectivity index (χ0) is 23.6. The fourth-order valence-electron chi connectivity index (χ4n) is 3.74. The van der Waals surface area contributed by atoms with Crippen LogP contribution < -0.4 is 15.1 Å². The van der Waals surface area contributed by atoms with Crippen molar-refractivity contribution in [3.8, 4) is 0 Å². The number of piperazine rings is 1. The van der Waals surface area contributed by atoms with E-state index in [1.165, 1.54) is 6.42 Å². The number of aromatic nitrogens is 3. The maximum absolute atomic E-state index is 12.5. The third kappa shape index (κ3) is 5.50. The number of hydrogen-bond acceptors (Lipinski definition) is 8. The Morgan fingerprint density at radius 2 is 1.76 bits per heavy atom. The summed E-state index contributed by atoms with van der Waals surface area (Å²) in [5.74, 6) is 1.20. The van der Waals surface area contributed by atoms with Gasteiger partial charge in [0.15, 0.2) is 0 Å².